The summed E-state index contributed by atoms with van der Waals surface area (Å²) in [4.78, 5) is 10.3. The first-order valence-electron chi connectivity index (χ1n) is 11.3. The Balaban J connectivity index is 1.24. The number of rotatable bonds is 4. The fraction of sp³-hybridized carbons (Fsp3) is 1.00. The molecule has 0 bridgehead atoms. The third-order valence-corrected chi connectivity index (χ3v) is 7.28. The van der Waals surface area contributed by atoms with Gasteiger partial charge in [-0.15, -0.1) is 0 Å². The van der Waals surface area contributed by atoms with Gasteiger partial charge in [-0.25, -0.2) is 0 Å². The summed E-state index contributed by atoms with van der Waals surface area (Å²) in [5, 5.41) is 0. The van der Waals surface area contributed by atoms with Crippen molar-refractivity contribution in [1.82, 2.24) is 19.6 Å². The topological polar surface area (TPSA) is 31.4 Å². The molecule has 6 heteroatoms. The zero-order valence-electron chi connectivity index (χ0n) is 17.5. The van der Waals surface area contributed by atoms with Crippen molar-refractivity contribution in [3.8, 4) is 0 Å². The van der Waals surface area contributed by atoms with E-state index in [4.69, 9.17) is 9.47 Å². The molecule has 0 aromatic rings. The van der Waals surface area contributed by atoms with Gasteiger partial charge in [-0.1, -0.05) is 0 Å². The largest absolute Gasteiger partial charge is 0.375 e. The summed E-state index contributed by atoms with van der Waals surface area (Å²) in [6.45, 7) is 11.2. The normalized spacial score (nSPS) is 34.9. The highest BCUT2D eigenvalue weighted by molar-refractivity contribution is 4.87. The van der Waals surface area contributed by atoms with E-state index in [1.165, 1.54) is 51.9 Å². The van der Waals surface area contributed by atoms with E-state index in [1.54, 1.807) is 0 Å². The zero-order chi connectivity index (χ0) is 18.6. The summed E-state index contributed by atoms with van der Waals surface area (Å²) in [7, 11) is 4.49. The van der Waals surface area contributed by atoms with Crippen LogP contribution in [0.3, 0.4) is 0 Å². The number of ether oxygens (including phenoxy) is 2. The maximum absolute atomic E-state index is 6.16. The molecule has 4 heterocycles. The molecule has 156 valence electrons. The van der Waals surface area contributed by atoms with Crippen molar-refractivity contribution >= 4 is 0 Å². The van der Waals surface area contributed by atoms with Crippen LogP contribution < -0.4 is 0 Å². The van der Waals surface area contributed by atoms with Gasteiger partial charge in [-0.2, -0.15) is 0 Å². The number of hydrogen-bond donors (Lipinski definition) is 0. The van der Waals surface area contributed by atoms with Crippen molar-refractivity contribution in [2.75, 3.05) is 79.7 Å². The lowest BCUT2D eigenvalue weighted by Gasteiger charge is -2.44. The van der Waals surface area contributed by atoms with E-state index in [9.17, 15) is 0 Å². The molecular formula is C21H40N4O2. The number of hydrogen-bond acceptors (Lipinski definition) is 6. The quantitative estimate of drug-likeness (QED) is 0.722. The van der Waals surface area contributed by atoms with Crippen molar-refractivity contribution in [2.45, 2.75) is 56.4 Å². The summed E-state index contributed by atoms with van der Waals surface area (Å²) < 4.78 is 12.3. The molecule has 2 atom stereocenters. The lowest BCUT2D eigenvalue weighted by molar-refractivity contribution is -0.102. The van der Waals surface area contributed by atoms with Gasteiger partial charge in [0.25, 0.3) is 0 Å². The van der Waals surface area contributed by atoms with E-state index >= 15 is 0 Å². The Morgan fingerprint density at radius 1 is 0.630 bits per heavy atom. The van der Waals surface area contributed by atoms with Crippen molar-refractivity contribution in [2.24, 2.45) is 0 Å². The van der Waals surface area contributed by atoms with Gasteiger partial charge in [0.1, 0.15) is 0 Å². The molecule has 27 heavy (non-hydrogen) atoms. The highest BCUT2D eigenvalue weighted by Crippen LogP contribution is 2.24. The maximum Gasteiger partial charge on any atom is 0.0727 e. The molecule has 4 fully saturated rings. The van der Waals surface area contributed by atoms with E-state index in [0.29, 0.717) is 12.2 Å². The van der Waals surface area contributed by atoms with Crippen molar-refractivity contribution in [3.05, 3.63) is 0 Å². The Bertz CT molecular complexity index is 409. The molecule has 0 spiro atoms. The average Bonchev–Trinajstić information content (AvgIpc) is 2.69. The highest BCUT2D eigenvalue weighted by atomic mass is 16.5. The average molecular weight is 381 g/mol. The summed E-state index contributed by atoms with van der Waals surface area (Å²) in [6, 6.07) is 1.52. The molecule has 0 aliphatic carbocycles. The molecule has 4 aliphatic heterocycles. The lowest BCUT2D eigenvalue weighted by Crippen LogP contribution is -2.54. The Morgan fingerprint density at radius 3 is 1.44 bits per heavy atom. The standard InChI is InChI=1S/C21H40N4O2/c1-22-7-3-18(4-8-22)24-11-13-26-20(16-24)15-21-17-25(12-14-27-21)19-5-9-23(2)10-6-19/h18-21H,3-17H2,1-2H3. The minimum Gasteiger partial charge on any atom is -0.375 e. The fourth-order valence-electron chi connectivity index (χ4n) is 5.45. The molecule has 0 aromatic carbocycles. The SMILES string of the molecule is CN1CCC(N2CCOC(CC3CN(C4CCN(C)CC4)CCO3)C2)CC1. The second-order valence-corrected chi connectivity index (χ2v) is 9.28. The molecule has 4 aliphatic rings. The molecule has 0 amide bonds. The Labute approximate surface area is 165 Å². The van der Waals surface area contributed by atoms with Gasteiger partial charge in [0, 0.05) is 44.7 Å². The first-order valence-corrected chi connectivity index (χ1v) is 11.3. The highest BCUT2D eigenvalue weighted by Gasteiger charge is 2.33. The molecule has 0 N–H and O–H groups in total. The Kier molecular flexibility index (Phi) is 7.06. The van der Waals surface area contributed by atoms with Crippen LogP contribution in [0.25, 0.3) is 0 Å². The second-order valence-electron chi connectivity index (χ2n) is 9.28. The van der Waals surface area contributed by atoms with Crippen LogP contribution in [0.1, 0.15) is 32.1 Å². The predicted octanol–water partition coefficient (Wildman–Crippen LogP) is 0.967. The molecule has 2 unspecified atom stereocenters. The van der Waals surface area contributed by atoms with Crippen LogP contribution in [0.5, 0.6) is 0 Å². The molecule has 4 saturated heterocycles. The first-order chi connectivity index (χ1) is 13.2. The lowest BCUT2D eigenvalue weighted by atomic mass is 9.99. The van der Waals surface area contributed by atoms with Crippen LogP contribution in [-0.4, -0.2) is 124 Å². The van der Waals surface area contributed by atoms with Gasteiger partial charge in [0.15, 0.2) is 0 Å². The van der Waals surface area contributed by atoms with Crippen molar-refractivity contribution < 1.29 is 9.47 Å². The minimum absolute atomic E-state index is 0.348. The van der Waals surface area contributed by atoms with E-state index < -0.39 is 0 Å². The smallest absolute Gasteiger partial charge is 0.0727 e. The summed E-state index contributed by atoms with van der Waals surface area (Å²) in [6.07, 6.45) is 7.01. The van der Waals surface area contributed by atoms with Gasteiger partial charge < -0.3 is 19.3 Å². The Hall–Kier alpha value is -0.240. The van der Waals surface area contributed by atoms with Gasteiger partial charge >= 0.3 is 0 Å². The van der Waals surface area contributed by atoms with Crippen LogP contribution in [0.4, 0.5) is 0 Å². The van der Waals surface area contributed by atoms with Crippen LogP contribution in [-0.2, 0) is 9.47 Å². The first kappa shape index (κ1) is 20.0. The van der Waals surface area contributed by atoms with Crippen molar-refractivity contribution in [1.29, 1.82) is 0 Å². The molecule has 0 aromatic heterocycles. The number of likely N-dealkylation sites (tertiary alicyclic amines) is 2. The van der Waals surface area contributed by atoms with E-state index in [2.05, 4.69) is 33.7 Å². The summed E-state index contributed by atoms with van der Waals surface area (Å²) in [5.74, 6) is 0. The van der Waals surface area contributed by atoms with Crippen LogP contribution >= 0.6 is 0 Å². The Morgan fingerprint density at radius 2 is 1.04 bits per heavy atom. The predicted molar refractivity (Wildman–Crippen MR) is 108 cm³/mol. The van der Waals surface area contributed by atoms with Crippen LogP contribution in [0.15, 0.2) is 0 Å². The maximum atomic E-state index is 6.16. The molecule has 4 rings (SSSR count). The van der Waals surface area contributed by atoms with Crippen molar-refractivity contribution in [3.63, 3.8) is 0 Å². The summed E-state index contributed by atoms with van der Waals surface area (Å²) >= 11 is 0. The third-order valence-electron chi connectivity index (χ3n) is 7.28. The summed E-state index contributed by atoms with van der Waals surface area (Å²) in [5.41, 5.74) is 0. The molecule has 0 saturated carbocycles. The number of nitrogens with zero attached hydrogens (tertiary/aromatic N) is 4. The van der Waals surface area contributed by atoms with E-state index in [-0.39, 0.29) is 0 Å². The van der Waals surface area contributed by atoms with E-state index in [0.717, 1.165) is 57.9 Å². The van der Waals surface area contributed by atoms with Gasteiger partial charge in [-0.3, -0.25) is 9.80 Å². The minimum atomic E-state index is 0.348. The number of morpholine rings is 2. The number of piperidine rings is 2. The second kappa shape index (κ2) is 9.51. The molecule has 0 radical (unpaired) electrons. The zero-order valence-corrected chi connectivity index (χ0v) is 17.5. The monoisotopic (exact) mass is 380 g/mol. The van der Waals surface area contributed by atoms with E-state index in [1.807, 2.05) is 0 Å². The van der Waals surface area contributed by atoms with Crippen LogP contribution in [0.2, 0.25) is 0 Å². The third kappa shape index (κ3) is 5.43. The fourth-order valence-corrected chi connectivity index (χ4v) is 5.45. The van der Waals surface area contributed by atoms with Gasteiger partial charge in [-0.05, 0) is 66.0 Å². The van der Waals surface area contributed by atoms with Gasteiger partial charge in [0.05, 0.1) is 25.4 Å². The molecular weight excluding hydrogens is 340 g/mol. The van der Waals surface area contributed by atoms with Crippen LogP contribution in [0, 0.1) is 0 Å². The molecule has 6 nitrogen and oxygen atoms in total. The van der Waals surface area contributed by atoms with Gasteiger partial charge in [0.2, 0.25) is 0 Å².